The van der Waals surface area contributed by atoms with E-state index in [1.54, 1.807) is 0 Å². The summed E-state index contributed by atoms with van der Waals surface area (Å²) in [5, 5.41) is 21.2. The number of carbonyl (C=O) groups excluding carboxylic acids is 1. The van der Waals surface area contributed by atoms with E-state index in [1.165, 1.54) is 83.5 Å². The van der Waals surface area contributed by atoms with Crippen molar-refractivity contribution in [3.05, 3.63) is 24.3 Å². The van der Waals surface area contributed by atoms with E-state index in [9.17, 15) is 15.0 Å². The SMILES string of the molecule is CCCCCCCCCCCCCCCC#CCOC(=O)CCCC=CC[C@@H]1[C@@H](C=CC[C@H](O)C2(CC)CCC2)[C@H](O)C[C@H]1Cl. The highest BCUT2D eigenvalue weighted by Gasteiger charge is 2.42. The molecule has 5 atom stereocenters. The first-order valence-corrected chi connectivity index (χ1v) is 19.3. The normalized spacial score (nSPS) is 23.2. The lowest BCUT2D eigenvalue weighted by Gasteiger charge is -2.45. The first-order chi connectivity index (χ1) is 21.9. The molecule has 258 valence electrons. The molecule has 2 saturated carbocycles. The molecule has 2 aliphatic carbocycles. The van der Waals surface area contributed by atoms with Gasteiger partial charge < -0.3 is 14.9 Å². The van der Waals surface area contributed by atoms with Gasteiger partial charge in [0.25, 0.3) is 0 Å². The maximum Gasteiger partial charge on any atom is 0.306 e. The predicted molar refractivity (Wildman–Crippen MR) is 190 cm³/mol. The fourth-order valence-electron chi connectivity index (χ4n) is 7.13. The summed E-state index contributed by atoms with van der Waals surface area (Å²) in [6.45, 7) is 4.64. The molecule has 0 radical (unpaired) electrons. The van der Waals surface area contributed by atoms with Gasteiger partial charge in [0.2, 0.25) is 0 Å². The highest BCUT2D eigenvalue weighted by Crippen LogP contribution is 2.48. The minimum atomic E-state index is -0.435. The maximum absolute atomic E-state index is 12.0. The zero-order valence-corrected chi connectivity index (χ0v) is 29.7. The number of esters is 1. The highest BCUT2D eigenvalue weighted by molar-refractivity contribution is 6.21. The van der Waals surface area contributed by atoms with Gasteiger partial charge in [-0.3, -0.25) is 4.79 Å². The van der Waals surface area contributed by atoms with Gasteiger partial charge in [0.05, 0.1) is 12.2 Å². The van der Waals surface area contributed by atoms with Crippen molar-refractivity contribution >= 4 is 17.6 Å². The lowest BCUT2D eigenvalue weighted by molar-refractivity contribution is -0.142. The number of allylic oxidation sites excluding steroid dienone is 2. The van der Waals surface area contributed by atoms with Crippen molar-refractivity contribution in [1.29, 1.82) is 0 Å². The van der Waals surface area contributed by atoms with Gasteiger partial charge in [-0.1, -0.05) is 133 Å². The zero-order chi connectivity index (χ0) is 32.6. The van der Waals surface area contributed by atoms with Crippen molar-refractivity contribution in [2.75, 3.05) is 6.61 Å². The Hall–Kier alpha value is -1.28. The second kappa shape index (κ2) is 24.8. The van der Waals surface area contributed by atoms with Crippen LogP contribution in [-0.4, -0.2) is 40.4 Å². The van der Waals surface area contributed by atoms with Gasteiger partial charge in [-0.25, -0.2) is 0 Å². The van der Waals surface area contributed by atoms with E-state index in [4.69, 9.17) is 16.3 Å². The molecule has 2 aliphatic rings. The van der Waals surface area contributed by atoms with Crippen molar-refractivity contribution in [3.8, 4) is 11.8 Å². The third kappa shape index (κ3) is 16.4. The Morgan fingerprint density at radius 1 is 0.911 bits per heavy atom. The van der Waals surface area contributed by atoms with E-state index in [2.05, 4.69) is 50.0 Å². The molecule has 0 bridgehead atoms. The third-order valence-corrected chi connectivity index (χ3v) is 11.0. The number of ether oxygens (including phenoxy) is 1. The second-order valence-corrected chi connectivity index (χ2v) is 14.5. The maximum atomic E-state index is 12.0. The van der Waals surface area contributed by atoms with E-state index in [1.807, 2.05) is 0 Å². The van der Waals surface area contributed by atoms with Crippen LogP contribution in [0.1, 0.15) is 168 Å². The number of rotatable bonds is 25. The molecule has 5 heteroatoms. The third-order valence-electron chi connectivity index (χ3n) is 10.5. The van der Waals surface area contributed by atoms with E-state index in [-0.39, 0.29) is 41.3 Å². The van der Waals surface area contributed by atoms with Gasteiger partial charge in [-0.15, -0.1) is 11.6 Å². The molecule has 0 aromatic rings. The topological polar surface area (TPSA) is 66.8 Å². The Morgan fingerprint density at radius 2 is 1.56 bits per heavy atom. The average Bonchev–Trinajstić information content (AvgIpc) is 3.27. The lowest BCUT2D eigenvalue weighted by atomic mass is 9.63. The predicted octanol–water partition coefficient (Wildman–Crippen LogP) is 10.6. The van der Waals surface area contributed by atoms with Crippen molar-refractivity contribution in [3.63, 3.8) is 0 Å². The lowest BCUT2D eigenvalue weighted by Crippen LogP contribution is -2.40. The molecular weight excluding hydrogens is 580 g/mol. The Morgan fingerprint density at radius 3 is 2.16 bits per heavy atom. The van der Waals surface area contributed by atoms with E-state index < -0.39 is 6.10 Å². The molecule has 0 aromatic heterocycles. The summed E-state index contributed by atoms with van der Waals surface area (Å²) in [6.07, 6.45) is 34.6. The van der Waals surface area contributed by atoms with Crippen LogP contribution in [-0.2, 0) is 9.53 Å². The first kappa shape index (κ1) is 39.9. The molecule has 0 spiro atoms. The van der Waals surface area contributed by atoms with Crippen LogP contribution in [0.2, 0.25) is 0 Å². The molecule has 2 fully saturated rings. The average molecular weight is 647 g/mol. The van der Waals surface area contributed by atoms with Crippen molar-refractivity contribution < 1.29 is 19.7 Å². The summed E-state index contributed by atoms with van der Waals surface area (Å²) in [5.74, 6) is 6.15. The molecule has 2 rings (SSSR count). The minimum Gasteiger partial charge on any atom is -0.452 e. The molecule has 0 saturated heterocycles. The van der Waals surface area contributed by atoms with Crippen LogP contribution < -0.4 is 0 Å². The van der Waals surface area contributed by atoms with Crippen molar-refractivity contribution in [2.24, 2.45) is 17.3 Å². The van der Waals surface area contributed by atoms with Crippen LogP contribution in [0.25, 0.3) is 0 Å². The van der Waals surface area contributed by atoms with Gasteiger partial charge in [-0.05, 0) is 69.1 Å². The Balaban J connectivity index is 1.46. The van der Waals surface area contributed by atoms with Gasteiger partial charge in [0, 0.05) is 24.1 Å². The van der Waals surface area contributed by atoms with E-state index >= 15 is 0 Å². The smallest absolute Gasteiger partial charge is 0.306 e. The molecular formula is C40H67ClO4. The number of aliphatic hydroxyl groups is 2. The fourth-order valence-corrected chi connectivity index (χ4v) is 7.58. The molecule has 0 amide bonds. The molecule has 4 nitrogen and oxygen atoms in total. The summed E-state index contributed by atoms with van der Waals surface area (Å²) in [4.78, 5) is 12.0. The fraction of sp³-hybridized carbons (Fsp3) is 0.825. The van der Waals surface area contributed by atoms with Crippen LogP contribution in [0.4, 0.5) is 0 Å². The number of hydrogen-bond acceptors (Lipinski definition) is 4. The molecule has 0 heterocycles. The quantitative estimate of drug-likeness (QED) is 0.0340. The zero-order valence-electron chi connectivity index (χ0n) is 29.0. The molecule has 2 N–H and O–H groups in total. The number of halogens is 1. The summed E-state index contributed by atoms with van der Waals surface area (Å²) in [6, 6.07) is 0. The summed E-state index contributed by atoms with van der Waals surface area (Å²) in [5.41, 5.74) is 0.0984. The second-order valence-electron chi connectivity index (χ2n) is 13.9. The summed E-state index contributed by atoms with van der Waals surface area (Å²) >= 11 is 6.61. The van der Waals surface area contributed by atoms with Gasteiger partial charge in [0.15, 0.2) is 6.61 Å². The van der Waals surface area contributed by atoms with E-state index in [0.29, 0.717) is 19.3 Å². The van der Waals surface area contributed by atoms with Crippen LogP contribution in [0, 0.1) is 29.1 Å². The van der Waals surface area contributed by atoms with Crippen LogP contribution in [0.3, 0.4) is 0 Å². The molecule has 45 heavy (non-hydrogen) atoms. The standard InChI is InChI=1S/C40H67ClO4/c1-3-5-6-7-8-9-10-11-12-13-14-15-16-17-20-23-32-45-39(44)29-22-19-18-21-26-34-35(37(42)33-36(34)41)27-24-28-38(43)40(4-2)30-25-31-40/h18,21,24,27,34-38,42-43H,3-17,19,22,25-26,28-33H2,1-2H3/t34-,35-,36-,37-,38+/m1/s1. The monoisotopic (exact) mass is 646 g/mol. The first-order valence-electron chi connectivity index (χ1n) is 18.9. The Bertz CT molecular complexity index is 877. The Labute approximate surface area is 282 Å². The minimum absolute atomic E-state index is 0.0175. The summed E-state index contributed by atoms with van der Waals surface area (Å²) in [7, 11) is 0. The van der Waals surface area contributed by atoms with Gasteiger partial charge in [0.1, 0.15) is 0 Å². The van der Waals surface area contributed by atoms with Crippen LogP contribution in [0.15, 0.2) is 24.3 Å². The number of alkyl halides is 1. The molecule has 0 aliphatic heterocycles. The van der Waals surface area contributed by atoms with Gasteiger partial charge in [-0.2, -0.15) is 0 Å². The summed E-state index contributed by atoms with van der Waals surface area (Å²) < 4.78 is 5.27. The van der Waals surface area contributed by atoms with Crippen LogP contribution in [0.5, 0.6) is 0 Å². The number of aliphatic hydroxyl groups excluding tert-OH is 2. The number of unbranched alkanes of at least 4 members (excludes halogenated alkanes) is 14. The van der Waals surface area contributed by atoms with E-state index in [0.717, 1.165) is 51.4 Å². The van der Waals surface area contributed by atoms with Gasteiger partial charge >= 0.3 is 5.97 Å². The molecule has 0 unspecified atom stereocenters. The largest absolute Gasteiger partial charge is 0.452 e. The Kier molecular flexibility index (Phi) is 22.0. The number of carbonyl (C=O) groups is 1. The number of hydrogen-bond donors (Lipinski definition) is 2. The van der Waals surface area contributed by atoms with Crippen molar-refractivity contribution in [2.45, 2.75) is 186 Å². The van der Waals surface area contributed by atoms with Crippen molar-refractivity contribution in [1.82, 2.24) is 0 Å². The highest BCUT2D eigenvalue weighted by atomic mass is 35.5. The molecule has 0 aromatic carbocycles. The van der Waals surface area contributed by atoms with Crippen LogP contribution >= 0.6 is 11.6 Å².